The molecule has 0 aliphatic heterocycles. The fraction of sp³-hybridized carbons (Fsp3) is 1.00. The molecule has 2 fully saturated rings. The van der Waals surface area contributed by atoms with Gasteiger partial charge in [0.05, 0.1) is 5.25 Å². The van der Waals surface area contributed by atoms with Gasteiger partial charge in [0.2, 0.25) is 0 Å². The molecule has 12 heavy (non-hydrogen) atoms. The van der Waals surface area contributed by atoms with Crippen molar-refractivity contribution in [1.29, 1.82) is 0 Å². The summed E-state index contributed by atoms with van der Waals surface area (Å²) in [7, 11) is -4.22. The second-order valence-electron chi connectivity index (χ2n) is 4.02. The molecule has 2 rings (SSSR count). The van der Waals surface area contributed by atoms with E-state index in [4.69, 9.17) is 0 Å². The van der Waals surface area contributed by atoms with Crippen LogP contribution in [0.3, 0.4) is 0 Å². The maximum atomic E-state index is 12.4. The lowest BCUT2D eigenvalue weighted by atomic mass is 9.67. The monoisotopic (exact) mass is 192 g/mol. The molecule has 0 aromatic carbocycles. The molecule has 0 unspecified atom stereocenters. The zero-order chi connectivity index (χ0) is 8.77. The number of hydrogen-bond acceptors (Lipinski definition) is 2. The first kappa shape index (κ1) is 8.48. The first-order valence-electron chi connectivity index (χ1n) is 4.51. The molecule has 0 atom stereocenters. The molecule has 2 aliphatic rings. The van der Waals surface area contributed by atoms with Gasteiger partial charge in [0.15, 0.2) is 0 Å². The second kappa shape index (κ2) is 2.69. The Balaban J connectivity index is 1.83. The van der Waals surface area contributed by atoms with Crippen molar-refractivity contribution in [2.45, 2.75) is 37.4 Å². The van der Waals surface area contributed by atoms with Gasteiger partial charge in [0.1, 0.15) is 0 Å². The third-order valence-corrected chi connectivity index (χ3v) is 4.53. The lowest BCUT2D eigenvalue weighted by Gasteiger charge is -2.42. The summed E-state index contributed by atoms with van der Waals surface area (Å²) in [4.78, 5) is 0. The maximum Gasteiger partial charge on any atom is 0.305 e. The molecule has 0 bridgehead atoms. The van der Waals surface area contributed by atoms with Crippen LogP contribution in [0.4, 0.5) is 3.89 Å². The number of rotatable bonds is 2. The Bertz CT molecular complexity index is 263. The van der Waals surface area contributed by atoms with Crippen LogP contribution in [0.25, 0.3) is 0 Å². The molecule has 0 N–H and O–H groups in total. The zero-order valence-electron chi connectivity index (χ0n) is 6.87. The Labute approximate surface area is 72.4 Å². The SMILES string of the molecule is O=S(=O)(F)C1CC(C2CCC2)C1. The van der Waals surface area contributed by atoms with Gasteiger partial charge in [-0.05, 0) is 24.7 Å². The van der Waals surface area contributed by atoms with E-state index in [9.17, 15) is 12.3 Å². The summed E-state index contributed by atoms with van der Waals surface area (Å²) in [6.45, 7) is 0. The predicted octanol–water partition coefficient (Wildman–Crippen LogP) is 1.86. The minimum atomic E-state index is -4.22. The van der Waals surface area contributed by atoms with Gasteiger partial charge in [-0.3, -0.25) is 0 Å². The van der Waals surface area contributed by atoms with Crippen LogP contribution in [-0.4, -0.2) is 13.7 Å². The van der Waals surface area contributed by atoms with Gasteiger partial charge < -0.3 is 0 Å². The van der Waals surface area contributed by atoms with E-state index < -0.39 is 15.5 Å². The van der Waals surface area contributed by atoms with E-state index in [-0.39, 0.29) is 0 Å². The van der Waals surface area contributed by atoms with E-state index in [1.54, 1.807) is 0 Å². The van der Waals surface area contributed by atoms with Crippen LogP contribution >= 0.6 is 0 Å². The van der Waals surface area contributed by atoms with Crippen molar-refractivity contribution < 1.29 is 12.3 Å². The molecule has 0 aromatic heterocycles. The largest absolute Gasteiger partial charge is 0.305 e. The smallest absolute Gasteiger partial charge is 0.195 e. The molecule has 0 amide bonds. The summed E-state index contributed by atoms with van der Waals surface area (Å²) in [5.74, 6) is 1.22. The van der Waals surface area contributed by atoms with Gasteiger partial charge in [0, 0.05) is 0 Å². The Morgan fingerprint density at radius 1 is 1.08 bits per heavy atom. The van der Waals surface area contributed by atoms with E-state index in [1.165, 1.54) is 19.3 Å². The molecule has 0 heterocycles. The minimum absolute atomic E-state index is 0.509. The highest BCUT2D eigenvalue weighted by Gasteiger charge is 2.43. The molecule has 0 saturated heterocycles. The van der Waals surface area contributed by atoms with E-state index in [0.717, 1.165) is 0 Å². The Morgan fingerprint density at radius 2 is 1.67 bits per heavy atom. The highest BCUT2D eigenvalue weighted by atomic mass is 32.3. The van der Waals surface area contributed by atoms with Gasteiger partial charge in [-0.2, -0.15) is 8.42 Å². The predicted molar refractivity (Wildman–Crippen MR) is 43.9 cm³/mol. The van der Waals surface area contributed by atoms with Crippen molar-refractivity contribution in [3.05, 3.63) is 0 Å². The van der Waals surface area contributed by atoms with Gasteiger partial charge >= 0.3 is 10.2 Å². The number of halogens is 1. The summed E-state index contributed by atoms with van der Waals surface area (Å²) in [5, 5.41) is -0.664. The van der Waals surface area contributed by atoms with Crippen LogP contribution in [0.1, 0.15) is 32.1 Å². The molecule has 2 aliphatic carbocycles. The van der Waals surface area contributed by atoms with E-state index in [1.807, 2.05) is 0 Å². The van der Waals surface area contributed by atoms with E-state index in [2.05, 4.69) is 0 Å². The van der Waals surface area contributed by atoms with Crippen LogP contribution in [0.15, 0.2) is 0 Å². The Kier molecular flexibility index (Phi) is 1.90. The van der Waals surface area contributed by atoms with Crippen LogP contribution in [0.2, 0.25) is 0 Å². The van der Waals surface area contributed by atoms with Crippen LogP contribution < -0.4 is 0 Å². The summed E-state index contributed by atoms with van der Waals surface area (Å²) in [5.41, 5.74) is 0. The highest BCUT2D eigenvalue weighted by molar-refractivity contribution is 7.87. The first-order valence-corrected chi connectivity index (χ1v) is 5.95. The third kappa shape index (κ3) is 1.37. The van der Waals surface area contributed by atoms with E-state index >= 15 is 0 Å². The van der Waals surface area contributed by atoms with Gasteiger partial charge in [0.25, 0.3) is 0 Å². The molecule has 0 aromatic rings. The molecule has 4 heteroatoms. The van der Waals surface area contributed by atoms with Gasteiger partial charge in [-0.25, -0.2) is 0 Å². The molecule has 2 nitrogen and oxygen atoms in total. The Morgan fingerprint density at radius 3 is 2.00 bits per heavy atom. The lowest BCUT2D eigenvalue weighted by Crippen LogP contribution is -2.40. The summed E-state index contributed by atoms with van der Waals surface area (Å²) in [6, 6.07) is 0. The van der Waals surface area contributed by atoms with Crippen molar-refractivity contribution in [1.82, 2.24) is 0 Å². The van der Waals surface area contributed by atoms with E-state index in [0.29, 0.717) is 24.7 Å². The van der Waals surface area contributed by atoms with Crippen LogP contribution in [0, 0.1) is 11.8 Å². The molecular formula is C8H13FO2S. The minimum Gasteiger partial charge on any atom is -0.195 e. The highest BCUT2D eigenvalue weighted by Crippen LogP contribution is 2.46. The number of hydrogen-bond donors (Lipinski definition) is 0. The van der Waals surface area contributed by atoms with Crippen molar-refractivity contribution >= 4 is 10.2 Å². The first-order chi connectivity index (χ1) is 5.57. The average molecular weight is 192 g/mol. The van der Waals surface area contributed by atoms with Gasteiger partial charge in [-0.15, -0.1) is 3.89 Å². The summed E-state index contributed by atoms with van der Waals surface area (Å²) in [6.07, 6.45) is 4.87. The summed E-state index contributed by atoms with van der Waals surface area (Å²) < 4.78 is 33.2. The molecule has 0 spiro atoms. The zero-order valence-corrected chi connectivity index (χ0v) is 7.69. The van der Waals surface area contributed by atoms with Crippen molar-refractivity contribution in [3.8, 4) is 0 Å². The molecular weight excluding hydrogens is 179 g/mol. The fourth-order valence-corrected chi connectivity index (χ4v) is 3.09. The van der Waals surface area contributed by atoms with Crippen molar-refractivity contribution in [2.75, 3.05) is 0 Å². The Hall–Kier alpha value is -0.120. The van der Waals surface area contributed by atoms with Crippen LogP contribution in [-0.2, 0) is 10.2 Å². The fourth-order valence-electron chi connectivity index (χ4n) is 2.13. The standard InChI is InChI=1S/C8H13FO2S/c9-12(10,11)8-4-7(5-8)6-2-1-3-6/h6-8H,1-5H2. The molecule has 0 radical (unpaired) electrons. The molecule has 70 valence electrons. The van der Waals surface area contributed by atoms with Gasteiger partial charge in [-0.1, -0.05) is 19.3 Å². The normalized spacial score (nSPS) is 37.1. The lowest BCUT2D eigenvalue weighted by molar-refractivity contribution is 0.130. The quantitative estimate of drug-likeness (QED) is 0.626. The van der Waals surface area contributed by atoms with Crippen molar-refractivity contribution in [2.24, 2.45) is 11.8 Å². The summed E-state index contributed by atoms with van der Waals surface area (Å²) >= 11 is 0. The van der Waals surface area contributed by atoms with Crippen molar-refractivity contribution in [3.63, 3.8) is 0 Å². The average Bonchev–Trinajstić information content (AvgIpc) is 1.67. The second-order valence-corrected chi connectivity index (χ2v) is 5.64. The van der Waals surface area contributed by atoms with Crippen LogP contribution in [0.5, 0.6) is 0 Å². The third-order valence-electron chi connectivity index (χ3n) is 3.35. The topological polar surface area (TPSA) is 34.1 Å². The molecule has 2 saturated carbocycles. The maximum absolute atomic E-state index is 12.4.